The number of rotatable bonds is 4. The highest BCUT2D eigenvalue weighted by Crippen LogP contribution is 2.32. The van der Waals surface area contributed by atoms with Crippen molar-refractivity contribution in [1.82, 2.24) is 5.32 Å². The average molecular weight is 283 g/mol. The van der Waals surface area contributed by atoms with Crippen molar-refractivity contribution in [3.63, 3.8) is 0 Å². The molecular formula is C14H21NO3S. The van der Waals surface area contributed by atoms with Crippen molar-refractivity contribution in [3.05, 3.63) is 16.3 Å². The van der Waals surface area contributed by atoms with Gasteiger partial charge in [0.1, 0.15) is 10.6 Å². The van der Waals surface area contributed by atoms with E-state index in [2.05, 4.69) is 12.2 Å². The van der Waals surface area contributed by atoms with Crippen LogP contribution in [0, 0.1) is 5.92 Å². The third kappa shape index (κ3) is 3.48. The van der Waals surface area contributed by atoms with Gasteiger partial charge in [0.2, 0.25) is 0 Å². The minimum absolute atomic E-state index is 0.168. The van der Waals surface area contributed by atoms with Gasteiger partial charge in [-0.3, -0.25) is 4.79 Å². The lowest BCUT2D eigenvalue weighted by Crippen LogP contribution is -2.45. The maximum absolute atomic E-state index is 12.1. The molecule has 5 heteroatoms. The number of methoxy groups -OCH3 is 1. The molecule has 2 rings (SSSR count). The van der Waals surface area contributed by atoms with Gasteiger partial charge in [-0.25, -0.2) is 0 Å². The van der Waals surface area contributed by atoms with Crippen molar-refractivity contribution in [2.45, 2.75) is 38.2 Å². The molecule has 0 spiro atoms. The van der Waals surface area contributed by atoms with E-state index in [-0.39, 0.29) is 5.91 Å². The van der Waals surface area contributed by atoms with E-state index in [1.165, 1.54) is 11.3 Å². The van der Waals surface area contributed by atoms with Gasteiger partial charge >= 0.3 is 0 Å². The molecule has 1 aromatic rings. The molecule has 1 heterocycles. The van der Waals surface area contributed by atoms with Crippen molar-refractivity contribution >= 4 is 17.2 Å². The van der Waals surface area contributed by atoms with Gasteiger partial charge in [-0.2, -0.15) is 0 Å². The van der Waals surface area contributed by atoms with E-state index in [0.29, 0.717) is 23.1 Å². The fraction of sp³-hybridized carbons (Fsp3) is 0.643. The Morgan fingerprint density at radius 2 is 2.47 bits per heavy atom. The Labute approximate surface area is 117 Å². The zero-order chi connectivity index (χ0) is 13.9. The van der Waals surface area contributed by atoms with E-state index in [1.54, 1.807) is 13.2 Å². The zero-order valence-electron chi connectivity index (χ0n) is 11.4. The highest BCUT2D eigenvalue weighted by atomic mass is 32.1. The molecule has 0 bridgehead atoms. The van der Waals surface area contributed by atoms with Gasteiger partial charge < -0.3 is 15.2 Å². The largest absolute Gasteiger partial charge is 0.495 e. The fourth-order valence-electron chi connectivity index (χ4n) is 2.74. The molecular weight excluding hydrogens is 262 g/mol. The number of thiophene rings is 1. The molecule has 2 unspecified atom stereocenters. The van der Waals surface area contributed by atoms with Crippen LogP contribution in [0.3, 0.4) is 0 Å². The maximum atomic E-state index is 12.1. The molecule has 0 aliphatic heterocycles. The number of amides is 1. The summed E-state index contributed by atoms with van der Waals surface area (Å²) >= 11 is 1.35. The van der Waals surface area contributed by atoms with E-state index in [0.717, 1.165) is 25.7 Å². The first-order valence-corrected chi connectivity index (χ1v) is 7.54. The number of carbonyl (C=O) groups excluding carboxylic acids is 1. The van der Waals surface area contributed by atoms with Crippen molar-refractivity contribution in [2.24, 2.45) is 5.92 Å². The van der Waals surface area contributed by atoms with Crippen LogP contribution in [0.15, 0.2) is 11.4 Å². The molecule has 106 valence electrons. The molecule has 4 nitrogen and oxygen atoms in total. The van der Waals surface area contributed by atoms with Crippen LogP contribution in [0.5, 0.6) is 5.75 Å². The van der Waals surface area contributed by atoms with Gasteiger partial charge in [0, 0.05) is 6.54 Å². The summed E-state index contributed by atoms with van der Waals surface area (Å²) in [6.07, 6.45) is 3.71. The van der Waals surface area contributed by atoms with E-state index in [9.17, 15) is 9.90 Å². The lowest BCUT2D eigenvalue weighted by atomic mass is 9.79. The van der Waals surface area contributed by atoms with Gasteiger partial charge in [-0.05, 0) is 30.2 Å². The minimum Gasteiger partial charge on any atom is -0.495 e. The Balaban J connectivity index is 1.93. The number of carbonyl (C=O) groups is 1. The standard InChI is InChI=1S/C14H21NO3S/c1-10-4-3-6-14(17,8-10)9-15-13(16)12-11(18-2)5-7-19-12/h5,7,10,17H,3-4,6,8-9H2,1-2H3,(H,15,16). The van der Waals surface area contributed by atoms with Gasteiger partial charge in [0.05, 0.1) is 12.7 Å². The second-order valence-corrected chi connectivity index (χ2v) is 6.34. The second kappa shape index (κ2) is 5.92. The zero-order valence-corrected chi connectivity index (χ0v) is 12.3. The summed E-state index contributed by atoms with van der Waals surface area (Å²) in [7, 11) is 1.55. The predicted molar refractivity (Wildman–Crippen MR) is 75.8 cm³/mol. The molecule has 0 radical (unpaired) electrons. The van der Waals surface area contributed by atoms with E-state index >= 15 is 0 Å². The normalized spacial score (nSPS) is 27.0. The van der Waals surface area contributed by atoms with Crippen LogP contribution in [0.4, 0.5) is 0 Å². The van der Waals surface area contributed by atoms with Crippen LogP contribution >= 0.6 is 11.3 Å². The summed E-state index contributed by atoms with van der Waals surface area (Å²) in [5, 5.41) is 15.1. The molecule has 2 atom stereocenters. The molecule has 1 fully saturated rings. The summed E-state index contributed by atoms with van der Waals surface area (Å²) in [6, 6.07) is 1.77. The lowest BCUT2D eigenvalue weighted by Gasteiger charge is -2.35. The Morgan fingerprint density at radius 1 is 1.68 bits per heavy atom. The lowest BCUT2D eigenvalue weighted by molar-refractivity contribution is -0.0109. The molecule has 1 aliphatic carbocycles. The summed E-state index contributed by atoms with van der Waals surface area (Å²) < 4.78 is 5.13. The molecule has 1 amide bonds. The van der Waals surface area contributed by atoms with Crippen LogP contribution in [0.25, 0.3) is 0 Å². The number of hydrogen-bond donors (Lipinski definition) is 2. The first-order valence-electron chi connectivity index (χ1n) is 6.66. The topological polar surface area (TPSA) is 58.6 Å². The number of ether oxygens (including phenoxy) is 1. The second-order valence-electron chi connectivity index (χ2n) is 5.43. The van der Waals surface area contributed by atoms with Gasteiger partial charge in [0.15, 0.2) is 0 Å². The average Bonchev–Trinajstić information content (AvgIpc) is 2.84. The smallest absolute Gasteiger partial charge is 0.265 e. The monoisotopic (exact) mass is 283 g/mol. The third-order valence-electron chi connectivity index (χ3n) is 3.70. The number of hydrogen-bond acceptors (Lipinski definition) is 4. The highest BCUT2D eigenvalue weighted by molar-refractivity contribution is 7.12. The van der Waals surface area contributed by atoms with E-state index in [4.69, 9.17) is 4.74 Å². The Kier molecular flexibility index (Phi) is 4.47. The highest BCUT2D eigenvalue weighted by Gasteiger charge is 2.33. The maximum Gasteiger partial charge on any atom is 0.265 e. The molecule has 1 aromatic heterocycles. The summed E-state index contributed by atoms with van der Waals surface area (Å²) in [5.41, 5.74) is -0.752. The van der Waals surface area contributed by atoms with Gasteiger partial charge in [-0.1, -0.05) is 19.8 Å². The summed E-state index contributed by atoms with van der Waals surface area (Å²) in [4.78, 5) is 12.6. The van der Waals surface area contributed by atoms with Gasteiger partial charge in [0.25, 0.3) is 5.91 Å². The third-order valence-corrected chi connectivity index (χ3v) is 4.60. The quantitative estimate of drug-likeness (QED) is 0.892. The first-order chi connectivity index (χ1) is 9.04. The number of aliphatic hydroxyl groups is 1. The van der Waals surface area contributed by atoms with Crippen LogP contribution in [-0.4, -0.2) is 30.3 Å². The molecule has 0 aromatic carbocycles. The minimum atomic E-state index is -0.752. The molecule has 1 aliphatic rings. The van der Waals surface area contributed by atoms with Gasteiger partial charge in [-0.15, -0.1) is 11.3 Å². The molecule has 0 saturated heterocycles. The molecule has 2 N–H and O–H groups in total. The van der Waals surface area contributed by atoms with Crippen LogP contribution in [-0.2, 0) is 0 Å². The van der Waals surface area contributed by atoms with Crippen molar-refractivity contribution < 1.29 is 14.6 Å². The van der Waals surface area contributed by atoms with Crippen molar-refractivity contribution in [3.8, 4) is 5.75 Å². The Bertz CT molecular complexity index is 446. The predicted octanol–water partition coefficient (Wildman–Crippen LogP) is 2.43. The number of nitrogens with one attached hydrogen (secondary N) is 1. The Hall–Kier alpha value is -1.07. The summed E-state index contributed by atoms with van der Waals surface area (Å²) in [6.45, 7) is 2.46. The van der Waals surface area contributed by atoms with E-state index in [1.807, 2.05) is 5.38 Å². The SMILES string of the molecule is COc1ccsc1C(=O)NCC1(O)CCCC(C)C1. The van der Waals surface area contributed by atoms with Crippen LogP contribution in [0.2, 0.25) is 0 Å². The van der Waals surface area contributed by atoms with Crippen molar-refractivity contribution in [2.75, 3.05) is 13.7 Å². The summed E-state index contributed by atoms with van der Waals surface area (Å²) in [5.74, 6) is 0.942. The van der Waals surface area contributed by atoms with Crippen molar-refractivity contribution in [1.29, 1.82) is 0 Å². The molecule has 1 saturated carbocycles. The molecule has 19 heavy (non-hydrogen) atoms. The Morgan fingerprint density at radius 3 is 3.16 bits per heavy atom. The first kappa shape index (κ1) is 14.3. The van der Waals surface area contributed by atoms with Crippen LogP contribution < -0.4 is 10.1 Å². The van der Waals surface area contributed by atoms with Crippen LogP contribution in [0.1, 0.15) is 42.3 Å². The fourth-order valence-corrected chi connectivity index (χ4v) is 3.52. The van der Waals surface area contributed by atoms with E-state index < -0.39 is 5.60 Å².